The van der Waals surface area contributed by atoms with Gasteiger partial charge in [0.1, 0.15) is 5.82 Å². The van der Waals surface area contributed by atoms with E-state index in [-0.39, 0.29) is 30.2 Å². The molecule has 0 bridgehead atoms. The van der Waals surface area contributed by atoms with Gasteiger partial charge in [0.05, 0.1) is 6.54 Å². The highest BCUT2D eigenvalue weighted by molar-refractivity contribution is 5.97. The van der Waals surface area contributed by atoms with Gasteiger partial charge < -0.3 is 15.5 Å². The number of hydrogen-bond acceptors (Lipinski definition) is 4. The first kappa shape index (κ1) is 20.0. The van der Waals surface area contributed by atoms with Crippen LogP contribution in [-0.2, 0) is 4.79 Å². The molecule has 28 heavy (non-hydrogen) atoms. The first-order valence-corrected chi connectivity index (χ1v) is 9.26. The molecule has 1 atom stereocenters. The number of nitrogens with zero attached hydrogens (tertiary/aromatic N) is 2. The summed E-state index contributed by atoms with van der Waals surface area (Å²) in [5.74, 6) is -0.572. The molecular weight excluding hydrogens is 359 g/mol. The second-order valence-corrected chi connectivity index (χ2v) is 7.07. The lowest BCUT2D eigenvalue weighted by atomic mass is 10.0. The van der Waals surface area contributed by atoms with E-state index in [4.69, 9.17) is 0 Å². The van der Waals surface area contributed by atoms with E-state index in [1.54, 1.807) is 44.4 Å². The van der Waals surface area contributed by atoms with E-state index in [0.29, 0.717) is 24.3 Å². The molecule has 2 amide bonds. The molecule has 1 unspecified atom stereocenters. The summed E-state index contributed by atoms with van der Waals surface area (Å²) < 4.78 is 13.6. The molecule has 1 fully saturated rings. The number of anilines is 1. The molecule has 7 heteroatoms. The maximum absolute atomic E-state index is 13.6. The Morgan fingerprint density at radius 2 is 2.00 bits per heavy atom. The number of carbonyl (C=O) groups is 2. The molecule has 6 nitrogen and oxygen atoms in total. The summed E-state index contributed by atoms with van der Waals surface area (Å²) in [5.41, 5.74) is 1.94. The minimum absolute atomic E-state index is 0.0724. The van der Waals surface area contributed by atoms with Crippen LogP contribution in [0.4, 0.5) is 10.1 Å². The number of hydrogen-bond donors (Lipinski definition) is 2. The Balaban J connectivity index is 1.68. The van der Waals surface area contributed by atoms with Crippen molar-refractivity contribution in [3.05, 3.63) is 65.5 Å². The van der Waals surface area contributed by atoms with Crippen LogP contribution in [0.2, 0.25) is 0 Å². The molecule has 1 aliphatic heterocycles. The average molecular weight is 384 g/mol. The molecule has 1 heterocycles. The summed E-state index contributed by atoms with van der Waals surface area (Å²) in [4.78, 5) is 28.2. The largest absolute Gasteiger partial charge is 0.345 e. The minimum atomic E-state index is -0.283. The van der Waals surface area contributed by atoms with Crippen molar-refractivity contribution in [1.29, 1.82) is 0 Å². The predicted octanol–water partition coefficient (Wildman–Crippen LogP) is 2.11. The summed E-state index contributed by atoms with van der Waals surface area (Å²) in [7, 11) is 3.37. The third-order valence-corrected chi connectivity index (χ3v) is 4.73. The fourth-order valence-corrected chi connectivity index (χ4v) is 3.35. The van der Waals surface area contributed by atoms with Crippen LogP contribution in [0.3, 0.4) is 0 Å². The van der Waals surface area contributed by atoms with Crippen molar-refractivity contribution < 1.29 is 14.0 Å². The summed E-state index contributed by atoms with van der Waals surface area (Å²) in [6, 6.07) is 13.3. The number of carbonyl (C=O) groups excluding carboxylic acids is 2. The molecule has 1 aliphatic rings. The van der Waals surface area contributed by atoms with Gasteiger partial charge in [-0.2, -0.15) is 0 Å². The van der Waals surface area contributed by atoms with E-state index in [1.807, 2.05) is 11.0 Å². The highest BCUT2D eigenvalue weighted by Crippen LogP contribution is 2.23. The van der Waals surface area contributed by atoms with Gasteiger partial charge >= 0.3 is 0 Å². The Hall–Kier alpha value is -2.77. The lowest BCUT2D eigenvalue weighted by Gasteiger charge is -2.36. The first-order valence-electron chi connectivity index (χ1n) is 9.26. The van der Waals surface area contributed by atoms with E-state index in [9.17, 15) is 14.0 Å². The molecule has 3 rings (SSSR count). The molecule has 0 aliphatic carbocycles. The van der Waals surface area contributed by atoms with Gasteiger partial charge in [-0.3, -0.25) is 14.5 Å². The Labute approximate surface area is 164 Å². The van der Waals surface area contributed by atoms with Crippen molar-refractivity contribution >= 4 is 17.5 Å². The van der Waals surface area contributed by atoms with Gasteiger partial charge in [-0.15, -0.1) is 0 Å². The normalized spacial score (nSPS) is 17.2. The van der Waals surface area contributed by atoms with Crippen molar-refractivity contribution in [1.82, 2.24) is 15.1 Å². The summed E-state index contributed by atoms with van der Waals surface area (Å²) in [6.45, 7) is 2.30. The van der Waals surface area contributed by atoms with E-state index in [0.717, 1.165) is 12.1 Å². The molecule has 1 saturated heterocycles. The summed E-state index contributed by atoms with van der Waals surface area (Å²) in [5, 5.41) is 6.16. The maximum Gasteiger partial charge on any atom is 0.253 e. The van der Waals surface area contributed by atoms with Crippen molar-refractivity contribution in [2.45, 2.75) is 6.04 Å². The van der Waals surface area contributed by atoms with Crippen LogP contribution in [0.25, 0.3) is 0 Å². The van der Waals surface area contributed by atoms with Gasteiger partial charge in [0.25, 0.3) is 5.91 Å². The van der Waals surface area contributed by atoms with E-state index < -0.39 is 0 Å². The number of halogens is 1. The predicted molar refractivity (Wildman–Crippen MR) is 107 cm³/mol. The molecule has 0 aromatic heterocycles. The second-order valence-electron chi connectivity index (χ2n) is 7.07. The zero-order valence-corrected chi connectivity index (χ0v) is 16.1. The van der Waals surface area contributed by atoms with Crippen LogP contribution in [0.1, 0.15) is 22.0 Å². The van der Waals surface area contributed by atoms with Crippen LogP contribution in [0, 0.1) is 5.82 Å². The Kier molecular flexibility index (Phi) is 6.38. The van der Waals surface area contributed by atoms with E-state index in [2.05, 4.69) is 10.6 Å². The van der Waals surface area contributed by atoms with Crippen LogP contribution in [0.5, 0.6) is 0 Å². The number of nitrogens with one attached hydrogen (secondary N) is 2. The third-order valence-electron chi connectivity index (χ3n) is 4.73. The standard InChI is InChI=1S/C21H25FN4O2/c1-25(2)21(28)16-6-4-8-18(12-16)24-20(27)14-26-10-9-23-13-19(26)15-5-3-7-17(22)11-15/h3-8,11-12,19,23H,9-10,13-14H2,1-2H3,(H,24,27). The smallest absolute Gasteiger partial charge is 0.253 e. The Morgan fingerprint density at radius 1 is 1.21 bits per heavy atom. The van der Waals surface area contributed by atoms with Gasteiger partial charge in [0, 0.05) is 51.0 Å². The first-order chi connectivity index (χ1) is 13.4. The quantitative estimate of drug-likeness (QED) is 0.829. The molecule has 148 valence electrons. The molecular formula is C21H25FN4O2. The third kappa shape index (κ3) is 4.94. The highest BCUT2D eigenvalue weighted by Gasteiger charge is 2.25. The fraction of sp³-hybridized carbons (Fsp3) is 0.333. The lowest BCUT2D eigenvalue weighted by Crippen LogP contribution is -2.48. The molecule has 2 aromatic rings. The van der Waals surface area contributed by atoms with Crippen LogP contribution >= 0.6 is 0 Å². The van der Waals surface area contributed by atoms with E-state index in [1.165, 1.54) is 17.0 Å². The zero-order chi connectivity index (χ0) is 20.1. The maximum atomic E-state index is 13.6. The Morgan fingerprint density at radius 3 is 2.75 bits per heavy atom. The van der Waals surface area contributed by atoms with Gasteiger partial charge in [-0.05, 0) is 35.9 Å². The van der Waals surface area contributed by atoms with Crippen molar-refractivity contribution in [2.24, 2.45) is 0 Å². The topological polar surface area (TPSA) is 64.7 Å². The highest BCUT2D eigenvalue weighted by atomic mass is 19.1. The lowest BCUT2D eigenvalue weighted by molar-refractivity contribution is -0.118. The van der Waals surface area contributed by atoms with Crippen molar-refractivity contribution in [3.63, 3.8) is 0 Å². The van der Waals surface area contributed by atoms with Crippen molar-refractivity contribution in [2.75, 3.05) is 45.6 Å². The second kappa shape index (κ2) is 8.95. The van der Waals surface area contributed by atoms with Gasteiger partial charge in [-0.25, -0.2) is 4.39 Å². The van der Waals surface area contributed by atoms with E-state index >= 15 is 0 Å². The van der Waals surface area contributed by atoms with Gasteiger partial charge in [0.2, 0.25) is 5.91 Å². The number of piperazine rings is 1. The molecule has 2 N–H and O–H groups in total. The van der Waals surface area contributed by atoms with Gasteiger partial charge in [-0.1, -0.05) is 18.2 Å². The fourth-order valence-electron chi connectivity index (χ4n) is 3.35. The molecule has 0 spiro atoms. The average Bonchev–Trinajstić information content (AvgIpc) is 2.68. The summed E-state index contributed by atoms with van der Waals surface area (Å²) in [6.07, 6.45) is 0. The SMILES string of the molecule is CN(C)C(=O)c1cccc(NC(=O)CN2CCNCC2c2cccc(F)c2)c1. The van der Waals surface area contributed by atoms with Crippen molar-refractivity contribution in [3.8, 4) is 0 Å². The monoisotopic (exact) mass is 384 g/mol. The summed E-state index contributed by atoms with van der Waals surface area (Å²) >= 11 is 0. The number of benzene rings is 2. The Bertz CT molecular complexity index is 856. The number of amides is 2. The molecule has 2 aromatic carbocycles. The van der Waals surface area contributed by atoms with Gasteiger partial charge in [0.15, 0.2) is 0 Å². The van der Waals surface area contributed by atoms with Crippen LogP contribution < -0.4 is 10.6 Å². The van der Waals surface area contributed by atoms with Crippen LogP contribution in [0.15, 0.2) is 48.5 Å². The minimum Gasteiger partial charge on any atom is -0.345 e. The van der Waals surface area contributed by atoms with Crippen LogP contribution in [-0.4, -0.2) is 61.9 Å². The number of rotatable bonds is 5. The molecule has 0 saturated carbocycles. The molecule has 0 radical (unpaired) electrons. The zero-order valence-electron chi connectivity index (χ0n) is 16.1.